The number of nitrogens with one attached hydrogen (secondary N) is 1. The summed E-state index contributed by atoms with van der Waals surface area (Å²) in [5.74, 6) is 0. The summed E-state index contributed by atoms with van der Waals surface area (Å²) in [5.41, 5.74) is 4.00. The monoisotopic (exact) mass is 264 g/mol. The Morgan fingerprint density at radius 1 is 1.05 bits per heavy atom. The summed E-state index contributed by atoms with van der Waals surface area (Å²) < 4.78 is 0. The zero-order chi connectivity index (χ0) is 13.8. The van der Waals surface area contributed by atoms with E-state index in [9.17, 15) is 0 Å². The van der Waals surface area contributed by atoms with Gasteiger partial charge in [0.05, 0.1) is 17.4 Å². The average Bonchev–Trinajstić information content (AvgIpc) is 2.53. The lowest BCUT2D eigenvalue weighted by molar-refractivity contribution is 0.981. The van der Waals surface area contributed by atoms with E-state index in [1.54, 1.807) is 24.8 Å². The first kappa shape index (κ1) is 12.5. The number of pyridine rings is 3. The smallest absolute Gasteiger partial charge is 0.0913 e. The highest BCUT2D eigenvalue weighted by Crippen LogP contribution is 2.27. The van der Waals surface area contributed by atoms with Crippen LogP contribution in [0.15, 0.2) is 49.1 Å². The third-order valence-corrected chi connectivity index (χ3v) is 3.15. The minimum Gasteiger partial charge on any atom is -0.384 e. The number of hydrogen-bond acceptors (Lipinski definition) is 4. The van der Waals surface area contributed by atoms with Gasteiger partial charge in [0, 0.05) is 41.8 Å². The van der Waals surface area contributed by atoms with Crippen molar-refractivity contribution in [2.45, 2.75) is 13.3 Å². The Morgan fingerprint density at radius 2 is 1.85 bits per heavy atom. The molecule has 0 saturated heterocycles. The van der Waals surface area contributed by atoms with Crippen molar-refractivity contribution in [1.82, 2.24) is 15.0 Å². The third kappa shape index (κ3) is 2.45. The van der Waals surface area contributed by atoms with E-state index in [1.165, 1.54) is 0 Å². The third-order valence-electron chi connectivity index (χ3n) is 3.15. The number of fused-ring (bicyclic) bond motifs is 1. The van der Waals surface area contributed by atoms with Gasteiger partial charge < -0.3 is 5.32 Å². The first-order valence-electron chi connectivity index (χ1n) is 6.77. The molecule has 0 atom stereocenters. The molecular weight excluding hydrogens is 248 g/mol. The maximum Gasteiger partial charge on any atom is 0.0913 e. The van der Waals surface area contributed by atoms with E-state index in [-0.39, 0.29) is 0 Å². The van der Waals surface area contributed by atoms with Crippen LogP contribution in [0.4, 0.5) is 5.69 Å². The van der Waals surface area contributed by atoms with Crippen molar-refractivity contribution in [1.29, 1.82) is 0 Å². The minimum atomic E-state index is 0.903. The first-order valence-corrected chi connectivity index (χ1v) is 6.77. The Kier molecular flexibility index (Phi) is 3.54. The van der Waals surface area contributed by atoms with Crippen LogP contribution in [0.2, 0.25) is 0 Å². The van der Waals surface area contributed by atoms with Gasteiger partial charge in [0.2, 0.25) is 0 Å². The molecule has 100 valence electrons. The molecule has 1 N–H and O–H groups in total. The topological polar surface area (TPSA) is 50.7 Å². The predicted molar refractivity (Wildman–Crippen MR) is 81.5 cm³/mol. The zero-order valence-corrected chi connectivity index (χ0v) is 11.4. The van der Waals surface area contributed by atoms with Crippen LogP contribution in [0.1, 0.15) is 13.3 Å². The van der Waals surface area contributed by atoms with Crippen molar-refractivity contribution < 1.29 is 0 Å². The number of rotatable bonds is 4. The molecule has 0 radical (unpaired) electrons. The minimum absolute atomic E-state index is 0.903. The van der Waals surface area contributed by atoms with Crippen LogP contribution in [0.3, 0.4) is 0 Å². The van der Waals surface area contributed by atoms with E-state index in [4.69, 9.17) is 0 Å². The lowest BCUT2D eigenvalue weighted by Gasteiger charge is -2.11. The summed E-state index contributed by atoms with van der Waals surface area (Å²) in [7, 11) is 0. The molecule has 0 bridgehead atoms. The van der Waals surface area contributed by atoms with Crippen molar-refractivity contribution >= 4 is 16.6 Å². The van der Waals surface area contributed by atoms with Gasteiger partial charge in [0.1, 0.15) is 0 Å². The number of anilines is 1. The predicted octanol–water partition coefficient (Wildman–Crippen LogP) is 3.51. The van der Waals surface area contributed by atoms with Gasteiger partial charge in [-0.1, -0.05) is 6.92 Å². The number of aromatic nitrogens is 3. The average molecular weight is 264 g/mol. The summed E-state index contributed by atoms with van der Waals surface area (Å²) in [6.45, 7) is 3.10. The molecule has 0 saturated carbocycles. The maximum atomic E-state index is 4.68. The molecule has 3 aromatic rings. The normalized spacial score (nSPS) is 10.7. The summed E-state index contributed by atoms with van der Waals surface area (Å²) in [5, 5.41) is 4.57. The molecule has 0 spiro atoms. The highest BCUT2D eigenvalue weighted by Gasteiger charge is 2.07. The van der Waals surface area contributed by atoms with Crippen LogP contribution in [0.25, 0.3) is 22.2 Å². The van der Waals surface area contributed by atoms with Gasteiger partial charge in [-0.2, -0.15) is 0 Å². The standard InChI is InChI=1S/C16H16N4/c1-2-6-19-15-10-14(12-3-7-17-8-4-12)20-16-11-18-9-5-13(15)16/h3-5,7-11H,2,6H2,1H3,(H,19,20). The van der Waals surface area contributed by atoms with E-state index in [2.05, 4.69) is 33.3 Å². The maximum absolute atomic E-state index is 4.68. The summed E-state index contributed by atoms with van der Waals surface area (Å²) in [4.78, 5) is 12.9. The molecule has 0 fully saturated rings. The van der Waals surface area contributed by atoms with Gasteiger partial charge >= 0.3 is 0 Å². The molecule has 0 aliphatic heterocycles. The molecule has 0 unspecified atom stereocenters. The molecule has 0 amide bonds. The second-order valence-electron chi connectivity index (χ2n) is 4.61. The fourth-order valence-electron chi connectivity index (χ4n) is 2.16. The van der Waals surface area contributed by atoms with E-state index < -0.39 is 0 Å². The quantitative estimate of drug-likeness (QED) is 0.783. The lowest BCUT2D eigenvalue weighted by Crippen LogP contribution is -2.01. The van der Waals surface area contributed by atoms with E-state index in [0.717, 1.165) is 40.8 Å². The Hall–Kier alpha value is -2.49. The highest BCUT2D eigenvalue weighted by atomic mass is 14.9. The van der Waals surface area contributed by atoms with Gasteiger partial charge in [-0.25, -0.2) is 4.98 Å². The molecule has 4 heteroatoms. The Labute approximate surface area is 117 Å². The molecule has 4 nitrogen and oxygen atoms in total. The SMILES string of the molecule is CCCNc1cc(-c2ccncc2)nc2cnccc12. The molecule has 3 rings (SSSR count). The largest absolute Gasteiger partial charge is 0.384 e. The number of nitrogens with zero attached hydrogens (tertiary/aromatic N) is 3. The Morgan fingerprint density at radius 3 is 2.65 bits per heavy atom. The Bertz CT molecular complexity index is 710. The van der Waals surface area contributed by atoms with Gasteiger partial charge in [0.25, 0.3) is 0 Å². The van der Waals surface area contributed by atoms with Crippen molar-refractivity contribution in [3.63, 3.8) is 0 Å². The van der Waals surface area contributed by atoms with Crippen LogP contribution in [-0.2, 0) is 0 Å². The fraction of sp³-hybridized carbons (Fsp3) is 0.188. The van der Waals surface area contributed by atoms with Crippen LogP contribution in [0, 0.1) is 0 Å². The van der Waals surface area contributed by atoms with Gasteiger partial charge in [-0.05, 0) is 30.7 Å². The molecule has 0 aromatic carbocycles. The van der Waals surface area contributed by atoms with Gasteiger partial charge in [-0.3, -0.25) is 9.97 Å². The number of hydrogen-bond donors (Lipinski definition) is 1. The molecule has 0 aliphatic rings. The van der Waals surface area contributed by atoms with E-state index in [0.29, 0.717) is 0 Å². The van der Waals surface area contributed by atoms with Gasteiger partial charge in [0.15, 0.2) is 0 Å². The van der Waals surface area contributed by atoms with Crippen LogP contribution < -0.4 is 5.32 Å². The fourth-order valence-corrected chi connectivity index (χ4v) is 2.16. The van der Waals surface area contributed by atoms with Gasteiger partial charge in [-0.15, -0.1) is 0 Å². The van der Waals surface area contributed by atoms with Crippen molar-refractivity contribution in [3.05, 3.63) is 49.1 Å². The Balaban J connectivity index is 2.14. The van der Waals surface area contributed by atoms with Crippen LogP contribution >= 0.6 is 0 Å². The van der Waals surface area contributed by atoms with Crippen molar-refractivity contribution in [3.8, 4) is 11.3 Å². The van der Waals surface area contributed by atoms with Crippen molar-refractivity contribution in [2.75, 3.05) is 11.9 Å². The molecule has 3 aromatic heterocycles. The molecular formula is C16H16N4. The first-order chi connectivity index (χ1) is 9.88. The van der Waals surface area contributed by atoms with E-state index >= 15 is 0 Å². The van der Waals surface area contributed by atoms with Crippen LogP contribution in [0.5, 0.6) is 0 Å². The zero-order valence-electron chi connectivity index (χ0n) is 11.4. The molecule has 3 heterocycles. The van der Waals surface area contributed by atoms with Crippen molar-refractivity contribution in [2.24, 2.45) is 0 Å². The second-order valence-corrected chi connectivity index (χ2v) is 4.61. The molecule has 20 heavy (non-hydrogen) atoms. The highest BCUT2D eigenvalue weighted by molar-refractivity contribution is 5.93. The summed E-state index contributed by atoms with van der Waals surface area (Å²) >= 11 is 0. The van der Waals surface area contributed by atoms with Crippen LogP contribution in [-0.4, -0.2) is 21.5 Å². The second kappa shape index (κ2) is 5.65. The summed E-state index contributed by atoms with van der Waals surface area (Å²) in [6.07, 6.45) is 8.25. The molecule has 0 aliphatic carbocycles. The van der Waals surface area contributed by atoms with E-state index in [1.807, 2.05) is 18.2 Å². The lowest BCUT2D eigenvalue weighted by atomic mass is 10.1. The summed E-state index contributed by atoms with van der Waals surface area (Å²) in [6, 6.07) is 8.02.